The number of carbonyl (C=O) groups is 2. The Balaban J connectivity index is 1.92. The van der Waals surface area contributed by atoms with Crippen molar-refractivity contribution in [1.82, 2.24) is 4.90 Å². The molecule has 0 fully saturated rings. The van der Waals surface area contributed by atoms with E-state index < -0.39 is 17.7 Å². The molecular formula is C24H27NO5. The van der Waals surface area contributed by atoms with Gasteiger partial charge in [0.2, 0.25) is 0 Å². The second kappa shape index (κ2) is 9.03. The molecule has 0 saturated heterocycles. The quantitative estimate of drug-likeness (QED) is 0.716. The highest BCUT2D eigenvalue weighted by Crippen LogP contribution is 2.39. The molecule has 2 aromatic carbocycles. The number of amides is 1. The SMILES string of the molecule is COc1ccc(CCN2C(=O)C(O)=C(C(=O)C(C)C)C2c2ccc(OC)cc2)cc1. The van der Waals surface area contributed by atoms with Gasteiger partial charge >= 0.3 is 0 Å². The van der Waals surface area contributed by atoms with Crippen LogP contribution in [0.15, 0.2) is 59.9 Å². The van der Waals surface area contributed by atoms with Crippen molar-refractivity contribution >= 4 is 11.7 Å². The molecule has 2 aromatic rings. The Bertz CT molecular complexity index is 945. The molecule has 30 heavy (non-hydrogen) atoms. The van der Waals surface area contributed by atoms with Gasteiger partial charge in [-0.15, -0.1) is 0 Å². The van der Waals surface area contributed by atoms with Crippen LogP contribution in [0.25, 0.3) is 0 Å². The predicted molar refractivity (Wildman–Crippen MR) is 114 cm³/mol. The molecule has 1 aliphatic heterocycles. The molecule has 1 aliphatic rings. The van der Waals surface area contributed by atoms with Crippen molar-refractivity contribution in [2.75, 3.05) is 20.8 Å². The van der Waals surface area contributed by atoms with Crippen molar-refractivity contribution in [2.45, 2.75) is 26.3 Å². The first kappa shape index (κ1) is 21.4. The summed E-state index contributed by atoms with van der Waals surface area (Å²) in [6, 6.07) is 14.2. The second-order valence-corrected chi connectivity index (χ2v) is 7.55. The van der Waals surface area contributed by atoms with Crippen molar-refractivity contribution in [3.8, 4) is 11.5 Å². The number of aliphatic hydroxyl groups is 1. The lowest BCUT2D eigenvalue weighted by atomic mass is 9.91. The van der Waals surface area contributed by atoms with Crippen molar-refractivity contribution in [3.63, 3.8) is 0 Å². The first-order valence-electron chi connectivity index (χ1n) is 9.92. The number of hydrogen-bond acceptors (Lipinski definition) is 5. The minimum absolute atomic E-state index is 0.162. The summed E-state index contributed by atoms with van der Waals surface area (Å²) < 4.78 is 10.4. The summed E-state index contributed by atoms with van der Waals surface area (Å²) in [5, 5.41) is 10.6. The molecule has 0 spiro atoms. The minimum Gasteiger partial charge on any atom is -0.503 e. The number of methoxy groups -OCH3 is 2. The fourth-order valence-electron chi connectivity index (χ4n) is 3.62. The third kappa shape index (κ3) is 4.17. The van der Waals surface area contributed by atoms with E-state index in [-0.39, 0.29) is 17.3 Å². The fraction of sp³-hybridized carbons (Fsp3) is 0.333. The van der Waals surface area contributed by atoms with Crippen LogP contribution in [0.1, 0.15) is 31.0 Å². The molecular weight excluding hydrogens is 382 g/mol. The van der Waals surface area contributed by atoms with Gasteiger partial charge in [0.25, 0.3) is 5.91 Å². The Kier molecular flexibility index (Phi) is 6.45. The summed E-state index contributed by atoms with van der Waals surface area (Å²) >= 11 is 0. The second-order valence-electron chi connectivity index (χ2n) is 7.55. The van der Waals surface area contributed by atoms with Crippen LogP contribution in [0.2, 0.25) is 0 Å². The molecule has 1 unspecified atom stereocenters. The van der Waals surface area contributed by atoms with Gasteiger partial charge in [0.15, 0.2) is 11.5 Å². The first-order valence-corrected chi connectivity index (χ1v) is 9.92. The summed E-state index contributed by atoms with van der Waals surface area (Å²) in [6.45, 7) is 3.89. The van der Waals surface area contributed by atoms with Crippen LogP contribution in [0.4, 0.5) is 0 Å². The Labute approximate surface area is 176 Å². The maximum Gasteiger partial charge on any atom is 0.290 e. The van der Waals surface area contributed by atoms with E-state index >= 15 is 0 Å². The van der Waals surface area contributed by atoms with E-state index in [1.807, 2.05) is 36.4 Å². The van der Waals surface area contributed by atoms with Crippen LogP contribution in [0.5, 0.6) is 11.5 Å². The molecule has 0 aliphatic carbocycles. The number of nitrogens with zero attached hydrogens (tertiary/aromatic N) is 1. The number of Topliss-reactive ketones (excluding diaryl/α,β-unsaturated/α-hetero) is 1. The van der Waals surface area contributed by atoms with Crippen molar-refractivity contribution in [3.05, 3.63) is 71.0 Å². The minimum atomic E-state index is -0.628. The van der Waals surface area contributed by atoms with Gasteiger partial charge in [-0.3, -0.25) is 9.59 Å². The molecule has 0 bridgehead atoms. The summed E-state index contributed by atoms with van der Waals surface area (Å²) in [6.07, 6.45) is 0.582. The van der Waals surface area contributed by atoms with Gasteiger partial charge in [-0.2, -0.15) is 0 Å². The molecule has 1 amide bonds. The van der Waals surface area contributed by atoms with Crippen molar-refractivity contribution in [1.29, 1.82) is 0 Å². The van der Waals surface area contributed by atoms with Gasteiger partial charge in [0.1, 0.15) is 11.5 Å². The highest BCUT2D eigenvalue weighted by Gasteiger charge is 2.43. The Morgan fingerprint density at radius 2 is 1.53 bits per heavy atom. The van der Waals surface area contributed by atoms with E-state index in [2.05, 4.69) is 0 Å². The first-order chi connectivity index (χ1) is 14.4. The molecule has 0 radical (unpaired) electrons. The van der Waals surface area contributed by atoms with E-state index in [4.69, 9.17) is 9.47 Å². The Morgan fingerprint density at radius 3 is 2.03 bits per heavy atom. The van der Waals surface area contributed by atoms with Gasteiger partial charge in [0, 0.05) is 12.5 Å². The van der Waals surface area contributed by atoms with Crippen LogP contribution < -0.4 is 9.47 Å². The topological polar surface area (TPSA) is 76.1 Å². The molecule has 0 saturated carbocycles. The number of benzene rings is 2. The average Bonchev–Trinajstić information content (AvgIpc) is 3.02. The van der Waals surface area contributed by atoms with E-state index in [1.54, 1.807) is 45.1 Å². The standard InChI is InChI=1S/C24H27NO5/c1-15(2)22(26)20-21(17-7-11-19(30-4)12-8-17)25(24(28)23(20)27)14-13-16-5-9-18(29-3)10-6-16/h5-12,15,21,27H,13-14H2,1-4H3. The normalized spacial score (nSPS) is 16.4. The van der Waals surface area contributed by atoms with Gasteiger partial charge in [-0.25, -0.2) is 0 Å². The number of ether oxygens (including phenoxy) is 2. The van der Waals surface area contributed by atoms with Crippen LogP contribution >= 0.6 is 0 Å². The fourth-order valence-corrected chi connectivity index (χ4v) is 3.62. The maximum atomic E-state index is 12.9. The van der Waals surface area contributed by atoms with Crippen LogP contribution in [-0.2, 0) is 16.0 Å². The molecule has 1 atom stereocenters. The van der Waals surface area contributed by atoms with Gasteiger partial charge in [-0.1, -0.05) is 38.1 Å². The lowest BCUT2D eigenvalue weighted by Gasteiger charge is -2.27. The van der Waals surface area contributed by atoms with Gasteiger partial charge in [-0.05, 0) is 41.8 Å². The molecule has 0 aromatic heterocycles. The van der Waals surface area contributed by atoms with Crippen molar-refractivity contribution < 1.29 is 24.2 Å². The van der Waals surface area contributed by atoms with E-state index in [9.17, 15) is 14.7 Å². The molecule has 1 heterocycles. The molecule has 3 rings (SSSR count). The molecule has 1 N–H and O–H groups in total. The van der Waals surface area contributed by atoms with Crippen LogP contribution in [0, 0.1) is 5.92 Å². The lowest BCUT2D eigenvalue weighted by molar-refractivity contribution is -0.129. The summed E-state index contributed by atoms with van der Waals surface area (Å²) in [7, 11) is 3.19. The van der Waals surface area contributed by atoms with Gasteiger partial charge < -0.3 is 19.5 Å². The zero-order valence-electron chi connectivity index (χ0n) is 17.7. The Hall–Kier alpha value is -3.28. The zero-order valence-corrected chi connectivity index (χ0v) is 17.7. The number of rotatable bonds is 8. The Morgan fingerprint density at radius 1 is 1.00 bits per heavy atom. The van der Waals surface area contributed by atoms with E-state index in [1.165, 1.54) is 0 Å². The highest BCUT2D eigenvalue weighted by atomic mass is 16.5. The third-order valence-electron chi connectivity index (χ3n) is 5.33. The number of carbonyl (C=O) groups excluding carboxylic acids is 2. The summed E-state index contributed by atoms with van der Waals surface area (Å²) in [5.41, 5.74) is 1.95. The monoisotopic (exact) mass is 409 g/mol. The van der Waals surface area contributed by atoms with E-state index in [0.717, 1.165) is 16.9 Å². The van der Waals surface area contributed by atoms with Crippen LogP contribution in [-0.4, -0.2) is 42.5 Å². The predicted octanol–water partition coefficient (Wildman–Crippen LogP) is 3.87. The molecule has 158 valence electrons. The van der Waals surface area contributed by atoms with Crippen molar-refractivity contribution in [2.24, 2.45) is 5.92 Å². The zero-order chi connectivity index (χ0) is 21.8. The largest absolute Gasteiger partial charge is 0.503 e. The summed E-state index contributed by atoms with van der Waals surface area (Å²) in [4.78, 5) is 27.3. The van der Waals surface area contributed by atoms with Crippen LogP contribution in [0.3, 0.4) is 0 Å². The average molecular weight is 409 g/mol. The maximum absolute atomic E-state index is 12.9. The van der Waals surface area contributed by atoms with E-state index in [0.29, 0.717) is 18.7 Å². The summed E-state index contributed by atoms with van der Waals surface area (Å²) in [5.74, 6) is -0.0996. The molecule has 6 heteroatoms. The number of hydrogen-bond donors (Lipinski definition) is 1. The number of aliphatic hydroxyl groups excluding tert-OH is 1. The number of ketones is 1. The third-order valence-corrected chi connectivity index (χ3v) is 5.33. The molecule has 6 nitrogen and oxygen atoms in total. The lowest BCUT2D eigenvalue weighted by Crippen LogP contribution is -2.33. The highest BCUT2D eigenvalue weighted by molar-refractivity contribution is 6.09. The van der Waals surface area contributed by atoms with Gasteiger partial charge in [0.05, 0.1) is 25.8 Å². The smallest absolute Gasteiger partial charge is 0.290 e.